The Bertz CT molecular complexity index is 313. The Balaban J connectivity index is 1.87. The van der Waals surface area contributed by atoms with Crippen LogP contribution in [0.4, 0.5) is 0 Å². The molecule has 1 fully saturated rings. The van der Waals surface area contributed by atoms with Crippen molar-refractivity contribution in [2.24, 2.45) is 5.92 Å². The smallest absolute Gasteiger partial charge is 0.227 e. The van der Waals surface area contributed by atoms with Gasteiger partial charge in [0.05, 0.1) is 0 Å². The van der Waals surface area contributed by atoms with Crippen LogP contribution in [0.25, 0.3) is 0 Å². The predicted octanol–water partition coefficient (Wildman–Crippen LogP) is 0.446. The zero-order chi connectivity index (χ0) is 10.7. The second-order valence-corrected chi connectivity index (χ2v) is 4.01. The second kappa shape index (κ2) is 4.72. The van der Waals surface area contributed by atoms with Crippen molar-refractivity contribution in [2.45, 2.75) is 26.4 Å². The van der Waals surface area contributed by atoms with Gasteiger partial charge < -0.3 is 14.5 Å². The first-order chi connectivity index (χ1) is 7.31. The fourth-order valence-corrected chi connectivity index (χ4v) is 2.05. The summed E-state index contributed by atoms with van der Waals surface area (Å²) in [6, 6.07) is 0. The molecule has 15 heavy (non-hydrogen) atoms. The first-order valence-electron chi connectivity index (χ1n) is 5.46. The molecular formula is C10H17N3O2. The van der Waals surface area contributed by atoms with Crippen molar-refractivity contribution in [3.05, 3.63) is 11.7 Å². The van der Waals surface area contributed by atoms with Crippen LogP contribution in [-0.4, -0.2) is 39.8 Å². The van der Waals surface area contributed by atoms with Gasteiger partial charge in [-0.2, -0.15) is 4.98 Å². The van der Waals surface area contributed by atoms with Crippen molar-refractivity contribution >= 4 is 0 Å². The summed E-state index contributed by atoms with van der Waals surface area (Å²) in [6.07, 6.45) is 2.04. The predicted molar refractivity (Wildman–Crippen MR) is 54.1 cm³/mol. The van der Waals surface area contributed by atoms with E-state index < -0.39 is 0 Å². The third-order valence-corrected chi connectivity index (χ3v) is 2.93. The Morgan fingerprint density at radius 3 is 3.07 bits per heavy atom. The molecule has 5 nitrogen and oxygen atoms in total. The largest absolute Gasteiger partial charge is 0.388 e. The van der Waals surface area contributed by atoms with E-state index in [0.717, 1.165) is 19.5 Å². The molecule has 1 N–H and O–H groups in total. The zero-order valence-corrected chi connectivity index (χ0v) is 9.02. The highest BCUT2D eigenvalue weighted by Crippen LogP contribution is 2.19. The highest BCUT2D eigenvalue weighted by atomic mass is 16.5. The summed E-state index contributed by atoms with van der Waals surface area (Å²) in [4.78, 5) is 6.52. The lowest BCUT2D eigenvalue weighted by Crippen LogP contribution is -2.20. The van der Waals surface area contributed by atoms with E-state index in [9.17, 15) is 0 Å². The van der Waals surface area contributed by atoms with E-state index in [0.29, 0.717) is 17.6 Å². The van der Waals surface area contributed by atoms with Crippen molar-refractivity contribution in [3.63, 3.8) is 0 Å². The van der Waals surface area contributed by atoms with Gasteiger partial charge in [0.25, 0.3) is 0 Å². The van der Waals surface area contributed by atoms with Gasteiger partial charge in [-0.3, -0.25) is 0 Å². The quantitative estimate of drug-likeness (QED) is 0.783. The maximum atomic E-state index is 8.80. The minimum atomic E-state index is -0.144. The maximum absolute atomic E-state index is 8.80. The van der Waals surface area contributed by atoms with E-state index >= 15 is 0 Å². The standard InChI is InChI=1S/C10H17N3O2/c1-2-13-4-3-8(6-13)5-10-11-9(7-14)12-15-10/h8,14H,2-7H2,1H3. The molecule has 1 saturated heterocycles. The van der Waals surface area contributed by atoms with Crippen LogP contribution in [0.3, 0.4) is 0 Å². The third kappa shape index (κ3) is 2.54. The molecule has 1 atom stereocenters. The number of aromatic nitrogens is 2. The van der Waals surface area contributed by atoms with Gasteiger partial charge in [0.15, 0.2) is 5.82 Å². The Labute approximate surface area is 89.1 Å². The molecule has 1 aromatic heterocycles. The fourth-order valence-electron chi connectivity index (χ4n) is 2.05. The number of aliphatic hydroxyl groups excluding tert-OH is 1. The van der Waals surface area contributed by atoms with Crippen LogP contribution in [0, 0.1) is 5.92 Å². The van der Waals surface area contributed by atoms with Crippen molar-refractivity contribution in [1.29, 1.82) is 0 Å². The number of hydrogen-bond donors (Lipinski definition) is 1. The van der Waals surface area contributed by atoms with Crippen molar-refractivity contribution in [3.8, 4) is 0 Å². The molecule has 5 heteroatoms. The van der Waals surface area contributed by atoms with Gasteiger partial charge in [0, 0.05) is 13.0 Å². The molecule has 0 saturated carbocycles. The van der Waals surface area contributed by atoms with Gasteiger partial charge >= 0.3 is 0 Å². The van der Waals surface area contributed by atoms with E-state index in [1.165, 1.54) is 13.0 Å². The summed E-state index contributed by atoms with van der Waals surface area (Å²) in [5, 5.41) is 12.5. The molecule has 2 heterocycles. The normalized spacial score (nSPS) is 22.4. The van der Waals surface area contributed by atoms with E-state index in [2.05, 4.69) is 22.0 Å². The average Bonchev–Trinajstić information content (AvgIpc) is 2.87. The minimum Gasteiger partial charge on any atom is -0.388 e. The molecule has 84 valence electrons. The summed E-state index contributed by atoms with van der Waals surface area (Å²) >= 11 is 0. The van der Waals surface area contributed by atoms with Crippen molar-refractivity contribution in [1.82, 2.24) is 15.0 Å². The highest BCUT2D eigenvalue weighted by molar-refractivity contribution is 4.88. The van der Waals surface area contributed by atoms with E-state index in [1.54, 1.807) is 0 Å². The molecule has 0 aromatic carbocycles. The molecule has 2 rings (SSSR count). The van der Waals surface area contributed by atoms with Crippen LogP contribution in [-0.2, 0) is 13.0 Å². The average molecular weight is 211 g/mol. The van der Waals surface area contributed by atoms with E-state index in [4.69, 9.17) is 9.63 Å². The Hall–Kier alpha value is -0.940. The molecular weight excluding hydrogens is 194 g/mol. The summed E-state index contributed by atoms with van der Waals surface area (Å²) in [7, 11) is 0. The second-order valence-electron chi connectivity index (χ2n) is 4.01. The summed E-state index contributed by atoms with van der Waals surface area (Å²) in [5.74, 6) is 1.66. The lowest BCUT2D eigenvalue weighted by Gasteiger charge is -2.11. The maximum Gasteiger partial charge on any atom is 0.227 e. The summed E-state index contributed by atoms with van der Waals surface area (Å²) < 4.78 is 5.05. The lowest BCUT2D eigenvalue weighted by molar-refractivity contribution is 0.262. The van der Waals surface area contributed by atoms with Gasteiger partial charge in [-0.15, -0.1) is 0 Å². The number of hydrogen-bond acceptors (Lipinski definition) is 5. The van der Waals surface area contributed by atoms with E-state index in [1.807, 2.05) is 0 Å². The van der Waals surface area contributed by atoms with Crippen LogP contribution in [0.5, 0.6) is 0 Å². The lowest BCUT2D eigenvalue weighted by atomic mass is 10.1. The zero-order valence-electron chi connectivity index (χ0n) is 9.02. The first-order valence-corrected chi connectivity index (χ1v) is 5.46. The van der Waals surface area contributed by atoms with Gasteiger partial charge in [-0.1, -0.05) is 12.1 Å². The SMILES string of the molecule is CCN1CCC(Cc2nc(CO)no2)C1. The van der Waals surface area contributed by atoms with Crippen LogP contribution in [0.2, 0.25) is 0 Å². The monoisotopic (exact) mass is 211 g/mol. The Morgan fingerprint density at radius 2 is 2.47 bits per heavy atom. The van der Waals surface area contributed by atoms with Crippen LogP contribution >= 0.6 is 0 Å². The highest BCUT2D eigenvalue weighted by Gasteiger charge is 2.23. The molecule has 1 aliphatic heterocycles. The van der Waals surface area contributed by atoms with Crippen LogP contribution in [0.1, 0.15) is 25.1 Å². The van der Waals surface area contributed by atoms with Crippen molar-refractivity contribution in [2.75, 3.05) is 19.6 Å². The summed E-state index contributed by atoms with van der Waals surface area (Å²) in [5.41, 5.74) is 0. The number of likely N-dealkylation sites (tertiary alicyclic amines) is 1. The molecule has 1 unspecified atom stereocenters. The first kappa shape index (κ1) is 10.6. The Morgan fingerprint density at radius 1 is 1.60 bits per heavy atom. The molecule has 1 aliphatic rings. The van der Waals surface area contributed by atoms with Gasteiger partial charge in [0.1, 0.15) is 6.61 Å². The minimum absolute atomic E-state index is 0.144. The number of rotatable bonds is 4. The number of aliphatic hydroxyl groups is 1. The van der Waals surface area contributed by atoms with Crippen LogP contribution < -0.4 is 0 Å². The number of nitrogens with zero attached hydrogens (tertiary/aromatic N) is 3. The van der Waals surface area contributed by atoms with Crippen molar-refractivity contribution < 1.29 is 9.63 Å². The van der Waals surface area contributed by atoms with Gasteiger partial charge in [-0.05, 0) is 25.4 Å². The molecule has 0 spiro atoms. The van der Waals surface area contributed by atoms with Crippen LogP contribution in [0.15, 0.2) is 4.52 Å². The Kier molecular flexibility index (Phi) is 3.33. The molecule has 0 radical (unpaired) electrons. The third-order valence-electron chi connectivity index (χ3n) is 2.93. The van der Waals surface area contributed by atoms with E-state index in [-0.39, 0.29) is 6.61 Å². The molecule has 0 aliphatic carbocycles. The topological polar surface area (TPSA) is 62.4 Å². The fraction of sp³-hybridized carbons (Fsp3) is 0.800. The molecule has 0 amide bonds. The van der Waals surface area contributed by atoms with Gasteiger partial charge in [0.2, 0.25) is 5.89 Å². The van der Waals surface area contributed by atoms with Gasteiger partial charge in [-0.25, -0.2) is 0 Å². The summed E-state index contributed by atoms with van der Waals surface area (Å²) in [6.45, 7) is 5.44. The molecule has 1 aromatic rings. The molecule has 0 bridgehead atoms.